The number of nitrogens with one attached hydrogen (secondary N) is 2. The largest absolute Gasteiger partial charge is 0.493 e. The molecule has 1 heterocycles. The Labute approximate surface area is 197 Å². The first-order valence-corrected chi connectivity index (χ1v) is 9.82. The highest BCUT2D eigenvalue weighted by atomic mass is 127. The normalized spacial score (nSPS) is 10.9. The Balaban J connectivity index is 0.00000450. The number of aliphatic imine (C=N–C) groups is 1. The van der Waals surface area contributed by atoms with Crippen LogP contribution in [-0.2, 0) is 19.5 Å². The number of benzene rings is 1. The number of aryl methyl sites for hydroxylation is 3. The molecular weight excluding hydrogens is 493 g/mol. The first kappa shape index (κ1) is 25.8. The van der Waals surface area contributed by atoms with E-state index in [4.69, 9.17) is 9.47 Å². The molecule has 0 saturated heterocycles. The van der Waals surface area contributed by atoms with Crippen LogP contribution < -0.4 is 20.1 Å². The Bertz CT molecular complexity index is 848. The molecule has 1 aromatic carbocycles. The molecule has 166 valence electrons. The van der Waals surface area contributed by atoms with Gasteiger partial charge in [-0.05, 0) is 50.5 Å². The summed E-state index contributed by atoms with van der Waals surface area (Å²) in [4.78, 5) is 4.30. The van der Waals surface area contributed by atoms with E-state index in [1.54, 1.807) is 21.3 Å². The van der Waals surface area contributed by atoms with Crippen molar-refractivity contribution in [1.29, 1.82) is 0 Å². The average Bonchev–Trinajstić information content (AvgIpc) is 3.04. The van der Waals surface area contributed by atoms with Gasteiger partial charge in [0, 0.05) is 37.9 Å². The molecule has 30 heavy (non-hydrogen) atoms. The minimum absolute atomic E-state index is 0. The summed E-state index contributed by atoms with van der Waals surface area (Å²) in [6, 6.07) is 6.18. The van der Waals surface area contributed by atoms with E-state index in [1.807, 2.05) is 23.7 Å². The molecule has 2 N–H and O–H groups in total. The van der Waals surface area contributed by atoms with Gasteiger partial charge in [0.15, 0.2) is 17.5 Å². The number of methoxy groups -OCH3 is 2. The Morgan fingerprint density at radius 2 is 1.97 bits per heavy atom. The predicted octanol–water partition coefficient (Wildman–Crippen LogP) is 3.62. The number of guanidine groups is 1. The second-order valence-electron chi connectivity index (χ2n) is 6.84. The average molecular weight is 527 g/mol. The molecule has 0 aliphatic heterocycles. The standard InChI is InChI=1S/C22H33N5O2.HI/c1-7-9-19-13-18(14-20(28-5)21(19)29-6)15-25-22(23-4)24-10-8-11-27-17(3)12-16(2)26-27;/h7,12-14H,1,8-11,15H2,2-6H3,(H2,23,24,25);1H. The zero-order valence-electron chi connectivity index (χ0n) is 18.6. The third-order valence-corrected chi connectivity index (χ3v) is 4.61. The predicted molar refractivity (Wildman–Crippen MR) is 133 cm³/mol. The fraction of sp³-hybridized carbons (Fsp3) is 0.455. The van der Waals surface area contributed by atoms with E-state index in [-0.39, 0.29) is 24.0 Å². The van der Waals surface area contributed by atoms with Crippen molar-refractivity contribution in [2.45, 2.75) is 39.8 Å². The van der Waals surface area contributed by atoms with Gasteiger partial charge in [0.1, 0.15) is 0 Å². The van der Waals surface area contributed by atoms with Crippen molar-refractivity contribution >= 4 is 29.9 Å². The number of hydrogen-bond donors (Lipinski definition) is 2. The molecule has 0 amide bonds. The molecule has 2 aromatic rings. The van der Waals surface area contributed by atoms with Crippen LogP contribution in [0, 0.1) is 13.8 Å². The van der Waals surface area contributed by atoms with Crippen molar-refractivity contribution in [3.05, 3.63) is 53.4 Å². The van der Waals surface area contributed by atoms with Crippen LogP contribution in [-0.4, -0.2) is 43.6 Å². The van der Waals surface area contributed by atoms with Crippen LogP contribution in [0.4, 0.5) is 0 Å². The van der Waals surface area contributed by atoms with Gasteiger partial charge in [0.2, 0.25) is 0 Å². The summed E-state index contributed by atoms with van der Waals surface area (Å²) < 4.78 is 13.0. The molecule has 0 bridgehead atoms. The highest BCUT2D eigenvalue weighted by molar-refractivity contribution is 14.0. The summed E-state index contributed by atoms with van der Waals surface area (Å²) in [5.74, 6) is 2.23. The lowest BCUT2D eigenvalue weighted by molar-refractivity contribution is 0.352. The van der Waals surface area contributed by atoms with Gasteiger partial charge in [-0.15, -0.1) is 30.6 Å². The molecule has 0 aliphatic carbocycles. The molecule has 2 rings (SSSR count). The van der Waals surface area contributed by atoms with Gasteiger partial charge in [-0.25, -0.2) is 0 Å². The zero-order chi connectivity index (χ0) is 21.2. The molecule has 8 heteroatoms. The van der Waals surface area contributed by atoms with Crippen molar-refractivity contribution in [3.63, 3.8) is 0 Å². The molecule has 0 radical (unpaired) electrons. The van der Waals surface area contributed by atoms with E-state index in [2.05, 4.69) is 46.4 Å². The summed E-state index contributed by atoms with van der Waals surface area (Å²) >= 11 is 0. The first-order valence-electron chi connectivity index (χ1n) is 9.82. The Hall–Kier alpha value is -2.23. The molecule has 0 saturated carbocycles. The van der Waals surface area contributed by atoms with E-state index >= 15 is 0 Å². The zero-order valence-corrected chi connectivity index (χ0v) is 20.9. The van der Waals surface area contributed by atoms with Gasteiger partial charge in [-0.1, -0.05) is 6.08 Å². The van der Waals surface area contributed by atoms with E-state index in [1.165, 1.54) is 5.69 Å². The lowest BCUT2D eigenvalue weighted by Gasteiger charge is -2.16. The lowest BCUT2D eigenvalue weighted by atomic mass is 10.1. The number of aromatic nitrogens is 2. The lowest BCUT2D eigenvalue weighted by Crippen LogP contribution is -2.37. The minimum Gasteiger partial charge on any atom is -0.493 e. The van der Waals surface area contributed by atoms with Gasteiger partial charge < -0.3 is 20.1 Å². The summed E-state index contributed by atoms with van der Waals surface area (Å²) in [6.07, 6.45) is 3.53. The summed E-state index contributed by atoms with van der Waals surface area (Å²) in [5.41, 5.74) is 4.38. The Kier molecular flexibility index (Phi) is 11.3. The number of halogens is 1. The molecule has 0 unspecified atom stereocenters. The molecule has 0 aliphatic rings. The molecule has 0 spiro atoms. The van der Waals surface area contributed by atoms with Crippen LogP contribution in [0.15, 0.2) is 35.8 Å². The number of ether oxygens (including phenoxy) is 2. The van der Waals surface area contributed by atoms with Gasteiger partial charge in [0.25, 0.3) is 0 Å². The van der Waals surface area contributed by atoms with E-state index < -0.39 is 0 Å². The minimum atomic E-state index is 0. The van der Waals surface area contributed by atoms with Crippen molar-refractivity contribution < 1.29 is 9.47 Å². The van der Waals surface area contributed by atoms with Crippen LogP contribution in [0.25, 0.3) is 0 Å². The maximum atomic E-state index is 5.50. The van der Waals surface area contributed by atoms with Crippen molar-refractivity contribution in [3.8, 4) is 11.5 Å². The third kappa shape index (κ3) is 7.23. The third-order valence-electron chi connectivity index (χ3n) is 4.61. The molecule has 1 aromatic heterocycles. The number of rotatable bonds is 10. The van der Waals surface area contributed by atoms with Gasteiger partial charge in [0.05, 0.1) is 19.9 Å². The molecule has 0 atom stereocenters. The van der Waals surface area contributed by atoms with E-state index in [0.717, 1.165) is 53.8 Å². The van der Waals surface area contributed by atoms with E-state index in [0.29, 0.717) is 13.0 Å². The van der Waals surface area contributed by atoms with Gasteiger partial charge in [-0.2, -0.15) is 5.10 Å². The second kappa shape index (κ2) is 13.1. The van der Waals surface area contributed by atoms with Crippen LogP contribution >= 0.6 is 24.0 Å². The van der Waals surface area contributed by atoms with Gasteiger partial charge in [-0.3, -0.25) is 9.67 Å². The molecule has 0 fully saturated rings. The summed E-state index contributed by atoms with van der Waals surface area (Å²) in [6.45, 7) is 10.2. The fourth-order valence-corrected chi connectivity index (χ4v) is 3.26. The summed E-state index contributed by atoms with van der Waals surface area (Å²) in [7, 11) is 5.07. The SMILES string of the molecule is C=CCc1cc(CNC(=NC)NCCCn2nc(C)cc2C)cc(OC)c1OC.I. The van der Waals surface area contributed by atoms with Crippen LogP contribution in [0.3, 0.4) is 0 Å². The Morgan fingerprint density at radius 3 is 2.53 bits per heavy atom. The number of hydrogen-bond acceptors (Lipinski definition) is 4. The summed E-state index contributed by atoms with van der Waals surface area (Å²) in [5, 5.41) is 11.2. The maximum Gasteiger partial charge on any atom is 0.191 e. The van der Waals surface area contributed by atoms with E-state index in [9.17, 15) is 0 Å². The van der Waals surface area contributed by atoms with Crippen LogP contribution in [0.5, 0.6) is 11.5 Å². The van der Waals surface area contributed by atoms with Gasteiger partial charge >= 0.3 is 0 Å². The fourth-order valence-electron chi connectivity index (χ4n) is 3.26. The van der Waals surface area contributed by atoms with Crippen LogP contribution in [0.2, 0.25) is 0 Å². The number of allylic oxidation sites excluding steroid dienone is 1. The first-order chi connectivity index (χ1) is 14.0. The Morgan fingerprint density at radius 1 is 1.20 bits per heavy atom. The maximum absolute atomic E-state index is 5.50. The number of nitrogens with zero attached hydrogens (tertiary/aromatic N) is 3. The highest BCUT2D eigenvalue weighted by Crippen LogP contribution is 2.33. The smallest absolute Gasteiger partial charge is 0.191 e. The monoisotopic (exact) mass is 527 g/mol. The quantitative estimate of drug-likeness (QED) is 0.162. The second-order valence-corrected chi connectivity index (χ2v) is 6.84. The molecular formula is C22H34IN5O2. The highest BCUT2D eigenvalue weighted by Gasteiger charge is 2.12. The van der Waals surface area contributed by atoms with Crippen molar-refractivity contribution in [2.24, 2.45) is 4.99 Å². The van der Waals surface area contributed by atoms with Crippen molar-refractivity contribution in [2.75, 3.05) is 27.8 Å². The van der Waals surface area contributed by atoms with Crippen LogP contribution in [0.1, 0.15) is 28.9 Å². The van der Waals surface area contributed by atoms with Crippen molar-refractivity contribution in [1.82, 2.24) is 20.4 Å². The molecule has 7 nitrogen and oxygen atoms in total. The topological polar surface area (TPSA) is 72.7 Å².